The molecule has 1 saturated heterocycles. The summed E-state index contributed by atoms with van der Waals surface area (Å²) >= 11 is 0. The Balaban J connectivity index is 2.80. The Morgan fingerprint density at radius 3 is 2.04 bits per heavy atom. The van der Waals surface area contributed by atoms with Gasteiger partial charge < -0.3 is 15.3 Å². The van der Waals surface area contributed by atoms with Crippen molar-refractivity contribution < 1.29 is 44.1 Å². The second kappa shape index (κ2) is 11.1. The average molecular weight is 400 g/mol. The number of nitrogens with zero attached hydrogens (tertiary/aromatic N) is 2. The molecule has 0 unspecified atom stereocenters. The Morgan fingerprint density at radius 2 is 1.54 bits per heavy atom. The summed E-state index contributed by atoms with van der Waals surface area (Å²) in [5.74, 6) is -5.48. The van der Waals surface area contributed by atoms with Gasteiger partial charge in [0.2, 0.25) is 17.7 Å². The first-order valence-corrected chi connectivity index (χ1v) is 8.94. The fourth-order valence-corrected chi connectivity index (χ4v) is 2.82. The van der Waals surface area contributed by atoms with E-state index in [9.17, 15) is 33.9 Å². The number of ketones is 1. The maximum absolute atomic E-state index is 12.6. The van der Waals surface area contributed by atoms with E-state index in [4.69, 9.17) is 10.2 Å². The minimum Gasteiger partial charge on any atom is -0.481 e. The zero-order valence-corrected chi connectivity index (χ0v) is 15.3. The molecular formula is C17H24N2O9. The van der Waals surface area contributed by atoms with Crippen LogP contribution in [0.4, 0.5) is 0 Å². The Labute approximate surface area is 160 Å². The van der Waals surface area contributed by atoms with E-state index in [1.807, 2.05) is 0 Å². The highest BCUT2D eigenvalue weighted by Gasteiger charge is 2.42. The lowest BCUT2D eigenvalue weighted by Gasteiger charge is -2.34. The molecule has 1 fully saturated rings. The van der Waals surface area contributed by atoms with Gasteiger partial charge in [0.15, 0.2) is 6.04 Å². The van der Waals surface area contributed by atoms with Gasteiger partial charge in [0.25, 0.3) is 0 Å². The average Bonchev–Trinajstić information content (AvgIpc) is 2.93. The molecule has 3 N–H and O–H groups in total. The number of hydrogen-bond acceptors (Lipinski definition) is 7. The molecule has 0 aliphatic carbocycles. The zero-order valence-electron chi connectivity index (χ0n) is 15.3. The number of rotatable bonds is 13. The van der Waals surface area contributed by atoms with E-state index in [1.54, 1.807) is 0 Å². The van der Waals surface area contributed by atoms with E-state index < -0.39 is 60.9 Å². The van der Waals surface area contributed by atoms with Gasteiger partial charge in [0.1, 0.15) is 5.78 Å². The molecular weight excluding hydrogens is 376 g/mol. The second-order valence-electron chi connectivity index (χ2n) is 6.37. The van der Waals surface area contributed by atoms with Crippen molar-refractivity contribution in [2.75, 3.05) is 6.61 Å². The Bertz CT molecular complexity index is 631. The molecule has 0 aromatic rings. The highest BCUT2D eigenvalue weighted by atomic mass is 16.4. The van der Waals surface area contributed by atoms with E-state index in [0.717, 1.165) is 0 Å². The van der Waals surface area contributed by atoms with Gasteiger partial charge in [-0.25, -0.2) is 9.80 Å². The molecule has 0 radical (unpaired) electrons. The molecule has 1 aliphatic heterocycles. The molecule has 0 aromatic carbocycles. The summed E-state index contributed by atoms with van der Waals surface area (Å²) < 4.78 is 0. The van der Waals surface area contributed by atoms with Crippen LogP contribution in [-0.4, -0.2) is 73.4 Å². The van der Waals surface area contributed by atoms with E-state index in [-0.39, 0.29) is 25.7 Å². The quantitative estimate of drug-likeness (QED) is 0.213. The third-order valence-corrected chi connectivity index (χ3v) is 4.17. The number of unbranched alkanes of at least 4 members (excludes halogenated alkanes) is 2. The number of imide groups is 1. The predicted octanol–water partition coefficient (Wildman–Crippen LogP) is -0.291. The summed E-state index contributed by atoms with van der Waals surface area (Å²) in [6.45, 7) is -0.603. The zero-order chi connectivity index (χ0) is 21.3. The Hall–Kier alpha value is -2.82. The first-order chi connectivity index (χ1) is 13.2. The van der Waals surface area contributed by atoms with E-state index in [0.29, 0.717) is 29.3 Å². The van der Waals surface area contributed by atoms with Gasteiger partial charge in [-0.2, -0.15) is 5.01 Å². The van der Waals surface area contributed by atoms with Gasteiger partial charge in [-0.3, -0.25) is 24.0 Å². The van der Waals surface area contributed by atoms with E-state index in [1.165, 1.54) is 0 Å². The van der Waals surface area contributed by atoms with Gasteiger partial charge in [0.05, 0.1) is 6.42 Å². The van der Waals surface area contributed by atoms with Gasteiger partial charge in [0, 0.05) is 38.7 Å². The SMILES string of the molecule is O=C(O)CCCCCC(=O)CC(=O)N([C@@H](CCO)C(=O)O)N1C(=O)CCC1=O. The minimum atomic E-state index is -1.66. The summed E-state index contributed by atoms with van der Waals surface area (Å²) in [6.07, 6.45) is -0.289. The van der Waals surface area contributed by atoms with E-state index >= 15 is 0 Å². The summed E-state index contributed by atoms with van der Waals surface area (Å²) in [6, 6.07) is -1.66. The Morgan fingerprint density at radius 1 is 0.964 bits per heavy atom. The maximum atomic E-state index is 12.6. The lowest BCUT2D eigenvalue weighted by atomic mass is 10.1. The van der Waals surface area contributed by atoms with Crippen LogP contribution in [0.25, 0.3) is 0 Å². The van der Waals surface area contributed by atoms with E-state index in [2.05, 4.69) is 0 Å². The lowest BCUT2D eigenvalue weighted by Crippen LogP contribution is -2.57. The van der Waals surface area contributed by atoms with Crippen LogP contribution in [0.5, 0.6) is 0 Å². The minimum absolute atomic E-state index is 0.0150. The van der Waals surface area contributed by atoms with Crippen molar-refractivity contribution in [3.8, 4) is 0 Å². The standard InChI is InChI=1S/C17H24N2O9/c20-9-8-12(17(27)28)18(19-13(22)6-7-14(19)23)15(24)10-11(21)4-2-1-3-5-16(25)26/h12,20H,1-10H2,(H,25,26)(H,27,28)/t12-/m0/s1. The number of carboxylic acid groups (broad SMARTS) is 2. The smallest absolute Gasteiger partial charge is 0.328 e. The largest absolute Gasteiger partial charge is 0.481 e. The fourth-order valence-electron chi connectivity index (χ4n) is 2.82. The number of aliphatic hydroxyl groups excluding tert-OH is 1. The molecule has 0 spiro atoms. The third kappa shape index (κ3) is 6.72. The molecule has 0 aromatic heterocycles. The summed E-state index contributed by atoms with van der Waals surface area (Å²) in [5.41, 5.74) is 0. The van der Waals surface area contributed by atoms with Crippen LogP contribution in [0.1, 0.15) is 57.8 Å². The number of hydrogen-bond donors (Lipinski definition) is 3. The van der Waals surface area contributed by atoms with Crippen molar-refractivity contribution in [3.63, 3.8) is 0 Å². The number of hydrazine groups is 1. The van der Waals surface area contributed by atoms with Crippen LogP contribution >= 0.6 is 0 Å². The van der Waals surface area contributed by atoms with Gasteiger partial charge >= 0.3 is 11.9 Å². The lowest BCUT2D eigenvalue weighted by molar-refractivity contribution is -0.179. The van der Waals surface area contributed by atoms with Crippen LogP contribution in [0.3, 0.4) is 0 Å². The monoisotopic (exact) mass is 400 g/mol. The van der Waals surface area contributed by atoms with Crippen molar-refractivity contribution in [1.29, 1.82) is 0 Å². The molecule has 11 heteroatoms. The van der Waals surface area contributed by atoms with Crippen molar-refractivity contribution >= 4 is 35.4 Å². The number of carbonyl (C=O) groups is 6. The van der Waals surface area contributed by atoms with Gasteiger partial charge in [-0.1, -0.05) is 6.42 Å². The molecule has 0 bridgehead atoms. The fraction of sp³-hybridized carbons (Fsp3) is 0.647. The van der Waals surface area contributed by atoms with Crippen LogP contribution in [0.15, 0.2) is 0 Å². The van der Waals surface area contributed by atoms with Crippen molar-refractivity contribution in [3.05, 3.63) is 0 Å². The first kappa shape index (κ1) is 23.2. The summed E-state index contributed by atoms with van der Waals surface area (Å²) in [7, 11) is 0. The highest BCUT2D eigenvalue weighted by molar-refractivity contribution is 6.06. The number of carbonyl (C=O) groups excluding carboxylic acids is 4. The van der Waals surface area contributed by atoms with Crippen LogP contribution < -0.4 is 0 Å². The molecule has 0 saturated carbocycles. The maximum Gasteiger partial charge on any atom is 0.328 e. The highest BCUT2D eigenvalue weighted by Crippen LogP contribution is 2.21. The number of aliphatic carboxylic acids is 2. The summed E-state index contributed by atoms with van der Waals surface area (Å²) in [5, 5.41) is 27.9. The molecule has 1 atom stereocenters. The van der Waals surface area contributed by atoms with Crippen LogP contribution in [-0.2, 0) is 28.8 Å². The van der Waals surface area contributed by atoms with Gasteiger partial charge in [-0.05, 0) is 12.8 Å². The van der Waals surface area contributed by atoms with Crippen molar-refractivity contribution in [1.82, 2.24) is 10.0 Å². The van der Waals surface area contributed by atoms with Crippen LogP contribution in [0, 0.1) is 0 Å². The Kier molecular flexibility index (Phi) is 9.22. The number of carboxylic acids is 2. The number of amides is 3. The first-order valence-electron chi connectivity index (χ1n) is 8.94. The van der Waals surface area contributed by atoms with Crippen molar-refractivity contribution in [2.24, 2.45) is 0 Å². The van der Waals surface area contributed by atoms with Crippen molar-refractivity contribution in [2.45, 2.75) is 63.8 Å². The molecule has 3 amide bonds. The second-order valence-corrected chi connectivity index (χ2v) is 6.37. The van der Waals surface area contributed by atoms with Gasteiger partial charge in [-0.15, -0.1) is 0 Å². The topological polar surface area (TPSA) is 170 Å². The molecule has 28 heavy (non-hydrogen) atoms. The molecule has 1 rings (SSSR count). The molecule has 1 aliphatic rings. The molecule has 11 nitrogen and oxygen atoms in total. The number of aliphatic hydroxyl groups is 1. The molecule has 156 valence electrons. The normalized spacial score (nSPS) is 14.8. The number of Topliss-reactive ketones (excluding diaryl/α,β-unsaturated/α-hetero) is 1. The van der Waals surface area contributed by atoms with Crippen LogP contribution in [0.2, 0.25) is 0 Å². The third-order valence-electron chi connectivity index (χ3n) is 4.17. The summed E-state index contributed by atoms with van der Waals surface area (Å²) in [4.78, 5) is 70.5. The predicted molar refractivity (Wildman–Crippen MR) is 91.4 cm³/mol. The molecule has 1 heterocycles.